The van der Waals surface area contributed by atoms with Gasteiger partial charge in [-0.3, -0.25) is 4.79 Å². The third kappa shape index (κ3) is 4.96. The fraction of sp³-hybridized carbons (Fsp3) is 0.455. The topological polar surface area (TPSA) is 75.3 Å². The lowest BCUT2D eigenvalue weighted by Gasteiger charge is -2.26. The van der Waals surface area contributed by atoms with E-state index in [0.717, 1.165) is 26.7 Å². The molecular formula is C22H27FN4O2S2. The van der Waals surface area contributed by atoms with Gasteiger partial charge in [0, 0.05) is 55.2 Å². The number of amides is 1. The van der Waals surface area contributed by atoms with Crippen molar-refractivity contribution >= 4 is 43.8 Å². The van der Waals surface area contributed by atoms with Gasteiger partial charge in [0.2, 0.25) is 5.91 Å². The molecule has 1 aliphatic heterocycles. The van der Waals surface area contributed by atoms with Gasteiger partial charge < -0.3 is 20.7 Å². The van der Waals surface area contributed by atoms with Gasteiger partial charge in [0.15, 0.2) is 0 Å². The van der Waals surface area contributed by atoms with E-state index in [0.29, 0.717) is 37.7 Å². The van der Waals surface area contributed by atoms with E-state index < -0.39 is 0 Å². The van der Waals surface area contributed by atoms with Crippen molar-refractivity contribution in [3.8, 4) is 10.6 Å². The Morgan fingerprint density at radius 2 is 2.16 bits per heavy atom. The Morgan fingerprint density at radius 1 is 1.32 bits per heavy atom. The van der Waals surface area contributed by atoms with Gasteiger partial charge in [-0.2, -0.15) is 0 Å². The monoisotopic (exact) mass is 462 g/mol. The summed E-state index contributed by atoms with van der Waals surface area (Å²) < 4.78 is 19.6. The molecule has 166 valence electrons. The second-order valence-electron chi connectivity index (χ2n) is 7.81. The van der Waals surface area contributed by atoms with E-state index >= 15 is 0 Å². The molecule has 0 bridgehead atoms. The number of hydrogen-bond donors (Lipinski definition) is 3. The van der Waals surface area contributed by atoms with Crippen molar-refractivity contribution in [2.75, 3.05) is 32.1 Å². The minimum Gasteiger partial charge on any atom is -0.383 e. The Hall–Kier alpha value is -1.91. The van der Waals surface area contributed by atoms with E-state index in [9.17, 15) is 9.18 Å². The summed E-state index contributed by atoms with van der Waals surface area (Å²) in [6, 6.07) is 5.22. The van der Waals surface area contributed by atoms with Gasteiger partial charge in [-0.15, -0.1) is 22.7 Å². The number of rotatable bonds is 8. The zero-order chi connectivity index (χ0) is 22.0. The van der Waals surface area contributed by atoms with Gasteiger partial charge in [-0.1, -0.05) is 0 Å². The van der Waals surface area contributed by atoms with Gasteiger partial charge in [0.05, 0.1) is 16.8 Å². The molecule has 1 aliphatic rings. The first-order chi connectivity index (χ1) is 15.0. The van der Waals surface area contributed by atoms with Crippen LogP contribution >= 0.6 is 22.7 Å². The first-order valence-electron chi connectivity index (χ1n) is 10.4. The molecule has 1 aromatic carbocycles. The van der Waals surface area contributed by atoms with E-state index in [1.54, 1.807) is 24.5 Å². The maximum atomic E-state index is 13.7. The van der Waals surface area contributed by atoms with Gasteiger partial charge in [-0.25, -0.2) is 9.37 Å². The number of nitrogens with zero attached hydrogens (tertiary/aromatic N) is 1. The molecule has 0 aliphatic carbocycles. The number of hydrogen-bond acceptors (Lipinski definition) is 7. The second kappa shape index (κ2) is 9.70. The lowest BCUT2D eigenvalue weighted by Crippen LogP contribution is -2.35. The number of carbonyl (C=O) groups is 1. The molecule has 2 atom stereocenters. The highest BCUT2D eigenvalue weighted by atomic mass is 32.1. The standard InChI is InChI=1S/C22H27FN4O2S2/c1-12-10-15-19(21-26-16-11-14(23)4-5-17(16)30-21)22(31-20(15)13(2)25-12)27-18(28)6-7-24-8-9-29-3/h4-5,11-13,24-25H,6-10H2,1-3H3,(H,27,28)/t12-,13-/m1/s1. The Labute approximate surface area is 189 Å². The van der Waals surface area contributed by atoms with Crippen molar-refractivity contribution < 1.29 is 13.9 Å². The van der Waals surface area contributed by atoms with E-state index in [1.807, 2.05) is 0 Å². The molecule has 2 aromatic heterocycles. The molecule has 0 saturated heterocycles. The average molecular weight is 463 g/mol. The van der Waals surface area contributed by atoms with E-state index in [-0.39, 0.29) is 17.8 Å². The van der Waals surface area contributed by atoms with Crippen LogP contribution in [0, 0.1) is 5.82 Å². The first kappa shape index (κ1) is 22.3. The zero-order valence-corrected chi connectivity index (χ0v) is 19.5. The van der Waals surface area contributed by atoms with E-state index in [4.69, 9.17) is 9.72 Å². The normalized spacial score (nSPS) is 18.3. The number of aromatic nitrogens is 1. The number of thiophene rings is 1. The number of carbonyl (C=O) groups excluding carboxylic acids is 1. The largest absolute Gasteiger partial charge is 0.383 e. The lowest BCUT2D eigenvalue weighted by atomic mass is 9.95. The molecule has 31 heavy (non-hydrogen) atoms. The van der Waals surface area contributed by atoms with Crippen molar-refractivity contribution in [3.63, 3.8) is 0 Å². The third-order valence-electron chi connectivity index (χ3n) is 5.30. The van der Waals surface area contributed by atoms with Crippen LogP contribution in [0.15, 0.2) is 18.2 Å². The highest BCUT2D eigenvalue weighted by Gasteiger charge is 2.30. The predicted octanol–water partition coefficient (Wildman–Crippen LogP) is 4.32. The van der Waals surface area contributed by atoms with Crippen molar-refractivity contribution in [2.45, 2.75) is 38.8 Å². The number of fused-ring (bicyclic) bond motifs is 2. The Balaban J connectivity index is 1.65. The molecule has 3 aromatic rings. The highest BCUT2D eigenvalue weighted by Crippen LogP contribution is 2.47. The summed E-state index contributed by atoms with van der Waals surface area (Å²) in [5.41, 5.74) is 2.87. The first-order valence-corrected chi connectivity index (χ1v) is 12.1. The van der Waals surface area contributed by atoms with E-state index in [2.05, 4.69) is 29.8 Å². The van der Waals surface area contributed by atoms with Crippen LogP contribution in [0.4, 0.5) is 9.39 Å². The molecule has 1 amide bonds. The van der Waals surface area contributed by atoms with Crippen LogP contribution in [0.2, 0.25) is 0 Å². The fourth-order valence-corrected chi connectivity index (χ4v) is 6.26. The van der Waals surface area contributed by atoms with Gasteiger partial charge in [0.1, 0.15) is 15.8 Å². The summed E-state index contributed by atoms with van der Waals surface area (Å²) in [6.07, 6.45) is 1.24. The van der Waals surface area contributed by atoms with E-state index in [1.165, 1.54) is 33.9 Å². The number of halogens is 1. The van der Waals surface area contributed by atoms with Crippen LogP contribution in [-0.4, -0.2) is 43.7 Å². The van der Waals surface area contributed by atoms with Crippen LogP contribution < -0.4 is 16.0 Å². The summed E-state index contributed by atoms with van der Waals surface area (Å²) in [7, 11) is 1.65. The summed E-state index contributed by atoms with van der Waals surface area (Å²) >= 11 is 3.15. The molecule has 0 radical (unpaired) electrons. The molecule has 3 N–H and O–H groups in total. The van der Waals surface area contributed by atoms with Crippen molar-refractivity contribution in [1.29, 1.82) is 0 Å². The number of benzene rings is 1. The number of thiazole rings is 1. The zero-order valence-electron chi connectivity index (χ0n) is 17.9. The van der Waals surface area contributed by atoms with Crippen LogP contribution in [0.3, 0.4) is 0 Å². The molecular weight excluding hydrogens is 435 g/mol. The van der Waals surface area contributed by atoms with Gasteiger partial charge >= 0.3 is 0 Å². The van der Waals surface area contributed by atoms with Crippen LogP contribution in [-0.2, 0) is 16.0 Å². The molecule has 0 spiro atoms. The number of nitrogens with one attached hydrogen (secondary N) is 3. The predicted molar refractivity (Wildman–Crippen MR) is 126 cm³/mol. The van der Waals surface area contributed by atoms with Crippen molar-refractivity contribution in [3.05, 3.63) is 34.5 Å². The van der Waals surface area contributed by atoms with Gasteiger partial charge in [-0.05, 0) is 38.0 Å². The lowest BCUT2D eigenvalue weighted by molar-refractivity contribution is -0.116. The van der Waals surface area contributed by atoms with Gasteiger partial charge in [0.25, 0.3) is 0 Å². The molecule has 6 nitrogen and oxygen atoms in total. The Bertz CT molecular complexity index is 1080. The van der Waals surface area contributed by atoms with Crippen LogP contribution in [0.5, 0.6) is 0 Å². The number of ether oxygens (including phenoxy) is 1. The number of anilines is 1. The maximum absolute atomic E-state index is 13.7. The molecule has 9 heteroatoms. The van der Waals surface area contributed by atoms with Crippen LogP contribution in [0.25, 0.3) is 20.8 Å². The Morgan fingerprint density at radius 3 is 2.97 bits per heavy atom. The summed E-state index contributed by atoms with van der Waals surface area (Å²) in [4.78, 5) is 18.6. The minimum absolute atomic E-state index is 0.0365. The SMILES string of the molecule is COCCNCCC(=O)Nc1sc2c(c1-c1nc3cc(F)ccc3s1)C[C@@H](C)N[C@@H]2C. The fourth-order valence-electron chi connectivity index (χ4n) is 3.91. The molecule has 0 fully saturated rings. The molecule has 0 saturated carbocycles. The average Bonchev–Trinajstić information content (AvgIpc) is 3.28. The summed E-state index contributed by atoms with van der Waals surface area (Å²) in [5, 5.41) is 11.5. The number of methoxy groups -OCH3 is 1. The van der Waals surface area contributed by atoms with Crippen molar-refractivity contribution in [1.82, 2.24) is 15.6 Å². The van der Waals surface area contributed by atoms with Crippen molar-refractivity contribution in [2.24, 2.45) is 0 Å². The maximum Gasteiger partial charge on any atom is 0.226 e. The molecule has 3 heterocycles. The summed E-state index contributed by atoms with van der Waals surface area (Å²) in [6.45, 7) is 6.23. The highest BCUT2D eigenvalue weighted by molar-refractivity contribution is 7.23. The van der Waals surface area contributed by atoms with Crippen LogP contribution in [0.1, 0.15) is 36.8 Å². The summed E-state index contributed by atoms with van der Waals surface area (Å²) in [5.74, 6) is -0.330. The third-order valence-corrected chi connectivity index (χ3v) is 7.69. The second-order valence-corrected chi connectivity index (χ2v) is 9.90. The Kier molecular flexibility index (Phi) is 6.98. The molecule has 0 unspecified atom stereocenters. The quantitative estimate of drug-likeness (QED) is 0.435. The molecule has 4 rings (SSSR count). The minimum atomic E-state index is -0.294. The smallest absolute Gasteiger partial charge is 0.226 e.